The molecule has 1 amide bonds. The van der Waals surface area contributed by atoms with Crippen molar-refractivity contribution in [2.45, 2.75) is 0 Å². The third-order valence-electron chi connectivity index (χ3n) is 2.97. The predicted octanol–water partition coefficient (Wildman–Crippen LogP) is 4.97. The van der Waals surface area contributed by atoms with Gasteiger partial charge < -0.3 is 0 Å². The van der Waals surface area contributed by atoms with E-state index in [1.54, 1.807) is 12.1 Å². The summed E-state index contributed by atoms with van der Waals surface area (Å²) in [5.74, 6) is -0.329. The molecule has 3 rings (SSSR count). The Balaban J connectivity index is 1.77. The van der Waals surface area contributed by atoms with Crippen LogP contribution in [0.2, 0.25) is 10.0 Å². The van der Waals surface area contributed by atoms with Crippen molar-refractivity contribution >= 4 is 56.7 Å². The Bertz CT molecular complexity index is 873. The van der Waals surface area contributed by atoms with Gasteiger partial charge in [-0.2, -0.15) is 5.10 Å². The largest absolute Gasteiger partial charge is 0.283 e. The van der Waals surface area contributed by atoms with Gasteiger partial charge in [-0.25, -0.2) is 5.43 Å². The van der Waals surface area contributed by atoms with E-state index in [2.05, 4.69) is 10.5 Å². The minimum absolute atomic E-state index is 0.329. The van der Waals surface area contributed by atoms with Crippen LogP contribution in [0.15, 0.2) is 53.6 Å². The Morgan fingerprint density at radius 2 is 1.95 bits per heavy atom. The maximum absolute atomic E-state index is 12.2. The number of nitrogens with one attached hydrogen (secondary N) is 1. The van der Waals surface area contributed by atoms with E-state index in [-0.39, 0.29) is 5.91 Å². The molecule has 3 nitrogen and oxygen atoms in total. The molecule has 2 aromatic carbocycles. The van der Waals surface area contributed by atoms with E-state index in [1.807, 2.05) is 36.4 Å². The first-order valence-corrected chi connectivity index (χ1v) is 7.98. The molecule has 0 spiro atoms. The van der Waals surface area contributed by atoms with Gasteiger partial charge in [-0.05, 0) is 23.8 Å². The van der Waals surface area contributed by atoms with Crippen LogP contribution in [-0.4, -0.2) is 12.1 Å². The first kappa shape index (κ1) is 15.0. The summed E-state index contributed by atoms with van der Waals surface area (Å²) in [5, 5.41) is 5.88. The molecule has 1 aromatic heterocycles. The second kappa shape index (κ2) is 6.48. The molecule has 0 saturated carbocycles. The van der Waals surface area contributed by atoms with Crippen molar-refractivity contribution in [3.63, 3.8) is 0 Å². The molecule has 6 heteroatoms. The highest BCUT2D eigenvalue weighted by molar-refractivity contribution is 7.21. The number of benzene rings is 2. The van der Waals surface area contributed by atoms with E-state index in [4.69, 9.17) is 23.2 Å². The number of amides is 1. The van der Waals surface area contributed by atoms with E-state index < -0.39 is 0 Å². The normalized spacial score (nSPS) is 11.2. The van der Waals surface area contributed by atoms with Crippen molar-refractivity contribution in [3.05, 3.63) is 69.0 Å². The number of nitrogens with zero attached hydrogens (tertiary/aromatic N) is 1. The van der Waals surface area contributed by atoms with Gasteiger partial charge >= 0.3 is 0 Å². The summed E-state index contributed by atoms with van der Waals surface area (Å²) in [4.78, 5) is 12.6. The first-order valence-electron chi connectivity index (χ1n) is 6.41. The number of carbonyl (C=O) groups excluding carboxylic acids is 1. The molecule has 1 N–H and O–H groups in total. The smallest absolute Gasteiger partial charge is 0.266 e. The van der Waals surface area contributed by atoms with Crippen molar-refractivity contribution in [3.8, 4) is 0 Å². The van der Waals surface area contributed by atoms with Gasteiger partial charge in [0.2, 0.25) is 0 Å². The summed E-state index contributed by atoms with van der Waals surface area (Å²) in [6, 6.07) is 14.8. The maximum atomic E-state index is 12.2. The molecular weight excluding hydrogens is 339 g/mol. The monoisotopic (exact) mass is 348 g/mol. The highest BCUT2D eigenvalue weighted by Gasteiger charge is 2.16. The molecule has 3 aromatic rings. The Morgan fingerprint density at radius 3 is 2.73 bits per heavy atom. The average Bonchev–Trinajstić information content (AvgIpc) is 2.85. The molecule has 0 aliphatic heterocycles. The number of halogens is 2. The van der Waals surface area contributed by atoms with Crippen molar-refractivity contribution < 1.29 is 4.79 Å². The number of thiophene rings is 1. The summed E-state index contributed by atoms with van der Waals surface area (Å²) < 4.78 is 0.969. The molecule has 22 heavy (non-hydrogen) atoms. The molecule has 0 saturated heterocycles. The standard InChI is InChI=1S/C16H10Cl2N2OS/c17-11-5-3-4-10(8-11)9-19-20-16(21)15-14(18)12-6-1-2-7-13(12)22-15/h1-9H,(H,20,21)/b19-9-. The zero-order chi connectivity index (χ0) is 15.5. The van der Waals surface area contributed by atoms with Crippen LogP contribution in [-0.2, 0) is 0 Å². The number of hydrazone groups is 1. The van der Waals surface area contributed by atoms with Gasteiger partial charge in [0.05, 0.1) is 11.2 Å². The quantitative estimate of drug-likeness (QED) is 0.526. The second-order valence-electron chi connectivity index (χ2n) is 4.50. The third-order valence-corrected chi connectivity index (χ3v) is 4.88. The molecule has 0 atom stereocenters. The fraction of sp³-hybridized carbons (Fsp3) is 0. The fourth-order valence-electron chi connectivity index (χ4n) is 1.96. The lowest BCUT2D eigenvalue weighted by molar-refractivity contribution is 0.0959. The van der Waals surface area contributed by atoms with Crippen molar-refractivity contribution in [1.82, 2.24) is 5.43 Å². The van der Waals surface area contributed by atoms with Crippen LogP contribution < -0.4 is 5.43 Å². The highest BCUT2D eigenvalue weighted by Crippen LogP contribution is 2.34. The molecule has 0 fully saturated rings. The van der Waals surface area contributed by atoms with Crippen LogP contribution in [0.3, 0.4) is 0 Å². The Morgan fingerprint density at radius 1 is 1.14 bits per heavy atom. The van der Waals surface area contributed by atoms with E-state index in [1.165, 1.54) is 17.6 Å². The minimum atomic E-state index is -0.329. The van der Waals surface area contributed by atoms with Crippen LogP contribution in [0.4, 0.5) is 0 Å². The van der Waals surface area contributed by atoms with Crippen LogP contribution in [0.1, 0.15) is 15.2 Å². The maximum Gasteiger partial charge on any atom is 0.283 e. The lowest BCUT2D eigenvalue weighted by atomic mass is 10.2. The van der Waals surface area contributed by atoms with Crippen molar-refractivity contribution in [2.75, 3.05) is 0 Å². The summed E-state index contributed by atoms with van der Waals surface area (Å²) in [6.07, 6.45) is 1.53. The Kier molecular flexibility index (Phi) is 4.43. The predicted molar refractivity (Wildman–Crippen MR) is 93.3 cm³/mol. The highest BCUT2D eigenvalue weighted by atomic mass is 35.5. The number of carbonyl (C=O) groups is 1. The third kappa shape index (κ3) is 3.14. The first-order chi connectivity index (χ1) is 10.6. The number of hydrogen-bond acceptors (Lipinski definition) is 3. The molecule has 1 heterocycles. The van der Waals surface area contributed by atoms with Gasteiger partial charge in [0.15, 0.2) is 0 Å². The van der Waals surface area contributed by atoms with Gasteiger partial charge in [0.1, 0.15) is 4.88 Å². The van der Waals surface area contributed by atoms with Crippen LogP contribution >= 0.6 is 34.5 Å². The second-order valence-corrected chi connectivity index (χ2v) is 6.36. The minimum Gasteiger partial charge on any atom is -0.266 e. The SMILES string of the molecule is O=C(N/N=C\c1cccc(Cl)c1)c1sc2ccccc2c1Cl. The number of fused-ring (bicyclic) bond motifs is 1. The van der Waals surface area contributed by atoms with Gasteiger partial charge in [-0.15, -0.1) is 11.3 Å². The van der Waals surface area contributed by atoms with E-state index >= 15 is 0 Å². The van der Waals surface area contributed by atoms with Gasteiger partial charge in [0, 0.05) is 15.1 Å². The van der Waals surface area contributed by atoms with Crippen LogP contribution in [0.25, 0.3) is 10.1 Å². The molecular formula is C16H10Cl2N2OS. The molecule has 110 valence electrons. The molecule has 0 aliphatic rings. The van der Waals surface area contributed by atoms with Crippen molar-refractivity contribution in [1.29, 1.82) is 0 Å². The molecule has 0 unspecified atom stereocenters. The van der Waals surface area contributed by atoms with Crippen LogP contribution in [0.5, 0.6) is 0 Å². The Hall–Kier alpha value is -1.88. The average molecular weight is 349 g/mol. The number of hydrogen-bond donors (Lipinski definition) is 1. The lowest BCUT2D eigenvalue weighted by Crippen LogP contribution is -2.16. The topological polar surface area (TPSA) is 41.5 Å². The van der Waals surface area contributed by atoms with E-state index in [0.717, 1.165) is 15.6 Å². The van der Waals surface area contributed by atoms with E-state index in [0.29, 0.717) is 14.9 Å². The zero-order valence-electron chi connectivity index (χ0n) is 11.2. The fourth-order valence-corrected chi connectivity index (χ4v) is 3.57. The lowest BCUT2D eigenvalue weighted by Gasteiger charge is -1.97. The summed E-state index contributed by atoms with van der Waals surface area (Å²) in [7, 11) is 0. The van der Waals surface area contributed by atoms with E-state index in [9.17, 15) is 4.79 Å². The molecule has 0 radical (unpaired) electrons. The summed E-state index contributed by atoms with van der Waals surface area (Å²) >= 11 is 13.5. The van der Waals surface area contributed by atoms with Crippen LogP contribution in [0, 0.1) is 0 Å². The number of rotatable bonds is 3. The van der Waals surface area contributed by atoms with Gasteiger partial charge in [0.25, 0.3) is 5.91 Å². The molecule has 0 aliphatic carbocycles. The zero-order valence-corrected chi connectivity index (χ0v) is 13.5. The summed E-state index contributed by atoms with van der Waals surface area (Å²) in [5.41, 5.74) is 3.28. The Labute approximate surface area is 141 Å². The molecule has 0 bridgehead atoms. The van der Waals surface area contributed by atoms with Crippen molar-refractivity contribution in [2.24, 2.45) is 5.10 Å². The summed E-state index contributed by atoms with van der Waals surface area (Å²) in [6.45, 7) is 0. The van der Waals surface area contributed by atoms with Gasteiger partial charge in [-0.1, -0.05) is 53.5 Å². The van der Waals surface area contributed by atoms with Gasteiger partial charge in [-0.3, -0.25) is 4.79 Å².